The summed E-state index contributed by atoms with van der Waals surface area (Å²) < 4.78 is 1.73. The van der Waals surface area contributed by atoms with Crippen molar-refractivity contribution in [3.8, 4) is 11.4 Å². The molecule has 6 rings (SSSR count). The lowest BCUT2D eigenvalue weighted by Crippen LogP contribution is -2.46. The first-order valence-electron chi connectivity index (χ1n) is 13.7. The molecule has 3 aliphatic rings. The molecule has 202 valence electrons. The van der Waals surface area contributed by atoms with Gasteiger partial charge in [-0.1, -0.05) is 20.3 Å². The molecule has 0 saturated carbocycles. The number of anilines is 2. The number of nitrogen functional groups attached to an aromatic ring is 1. The Balaban J connectivity index is 1.13. The second kappa shape index (κ2) is 10.0. The van der Waals surface area contributed by atoms with Crippen LogP contribution in [0.5, 0.6) is 0 Å². The van der Waals surface area contributed by atoms with Crippen LogP contribution < -0.4 is 11.1 Å². The van der Waals surface area contributed by atoms with Gasteiger partial charge >= 0.3 is 0 Å². The van der Waals surface area contributed by atoms with Gasteiger partial charge in [-0.3, -0.25) is 19.7 Å². The number of likely N-dealkylation sites (tertiary alicyclic amines) is 2. The first kappa shape index (κ1) is 25.4. The lowest BCUT2D eigenvalue weighted by atomic mass is 9.73. The monoisotopic (exact) mass is 535 g/mol. The molecule has 3 aromatic heterocycles. The molecule has 0 radical (unpaired) electrons. The molecule has 0 spiro atoms. The molecule has 0 bridgehead atoms. The molecule has 0 unspecified atom stereocenters. The smallest absolute Gasteiger partial charge is 0.278 e. The maximum absolute atomic E-state index is 13.5. The van der Waals surface area contributed by atoms with Crippen molar-refractivity contribution < 1.29 is 4.79 Å². The third kappa shape index (κ3) is 4.83. The molecule has 5 heterocycles. The SMILES string of the molecule is Cn1nc(C(=O)Nc2nc(CN3CCC(N4CCCCC4)CC3)cs2)c2c1-c1nc(N)ncc1CC2(C)C. The van der Waals surface area contributed by atoms with Gasteiger partial charge in [-0.15, -0.1) is 11.3 Å². The van der Waals surface area contributed by atoms with E-state index in [2.05, 4.69) is 49.4 Å². The zero-order chi connectivity index (χ0) is 26.4. The quantitative estimate of drug-likeness (QED) is 0.510. The first-order valence-corrected chi connectivity index (χ1v) is 14.6. The van der Waals surface area contributed by atoms with Gasteiger partial charge in [0, 0.05) is 49.9 Å². The Hall–Kier alpha value is -2.89. The number of thiazole rings is 1. The van der Waals surface area contributed by atoms with E-state index in [1.807, 2.05) is 7.05 Å². The summed E-state index contributed by atoms with van der Waals surface area (Å²) in [5.41, 5.74) is 10.5. The highest BCUT2D eigenvalue weighted by Gasteiger charge is 2.40. The van der Waals surface area contributed by atoms with Gasteiger partial charge < -0.3 is 10.6 Å². The fourth-order valence-electron chi connectivity index (χ4n) is 6.46. The second-order valence-corrected chi connectivity index (χ2v) is 12.4. The highest BCUT2D eigenvalue weighted by molar-refractivity contribution is 7.14. The summed E-state index contributed by atoms with van der Waals surface area (Å²) >= 11 is 1.47. The number of carbonyl (C=O) groups is 1. The summed E-state index contributed by atoms with van der Waals surface area (Å²) in [5, 5.41) is 10.3. The van der Waals surface area contributed by atoms with Crippen molar-refractivity contribution in [2.24, 2.45) is 7.05 Å². The predicted molar refractivity (Wildman–Crippen MR) is 149 cm³/mol. The molecule has 1 aliphatic carbocycles. The van der Waals surface area contributed by atoms with Crippen LogP contribution in [0.1, 0.15) is 73.3 Å². The molecule has 0 atom stereocenters. The van der Waals surface area contributed by atoms with Crippen LogP contribution in [-0.4, -0.2) is 72.7 Å². The zero-order valence-electron chi connectivity index (χ0n) is 22.5. The number of fused-ring (bicyclic) bond motifs is 3. The van der Waals surface area contributed by atoms with E-state index in [1.165, 1.54) is 56.5 Å². The van der Waals surface area contributed by atoms with E-state index in [-0.39, 0.29) is 17.3 Å². The van der Waals surface area contributed by atoms with E-state index in [9.17, 15) is 4.79 Å². The molecule has 11 heteroatoms. The predicted octanol–water partition coefficient (Wildman–Crippen LogP) is 3.45. The number of aromatic nitrogens is 5. The lowest BCUT2D eigenvalue weighted by molar-refractivity contribution is 0.0892. The number of carbonyl (C=O) groups excluding carboxylic acids is 1. The van der Waals surface area contributed by atoms with Gasteiger partial charge in [-0.2, -0.15) is 5.10 Å². The lowest BCUT2D eigenvalue weighted by Gasteiger charge is -2.40. The average Bonchev–Trinajstić information content (AvgIpc) is 3.50. The van der Waals surface area contributed by atoms with E-state index in [0.717, 1.165) is 53.9 Å². The Morgan fingerprint density at radius 1 is 1.16 bits per heavy atom. The van der Waals surface area contributed by atoms with Crippen molar-refractivity contribution in [1.82, 2.24) is 34.5 Å². The highest BCUT2D eigenvalue weighted by Crippen LogP contribution is 2.43. The van der Waals surface area contributed by atoms with E-state index in [4.69, 9.17) is 10.7 Å². The standard InChI is InChI=1S/C27H37N9OS/c1-27(2)13-17-14-29-25(28)31-21(17)23-20(27)22(33-34(23)3)24(37)32-26-30-18(16-38-26)15-35-11-7-19(8-12-35)36-9-5-4-6-10-36/h14,16,19H,4-13,15H2,1-3H3,(H2,28,29,31)(H,30,32,37). The zero-order valence-corrected chi connectivity index (χ0v) is 23.4. The highest BCUT2D eigenvalue weighted by atomic mass is 32.1. The van der Waals surface area contributed by atoms with E-state index < -0.39 is 0 Å². The Morgan fingerprint density at radius 2 is 1.92 bits per heavy atom. The van der Waals surface area contributed by atoms with Crippen LogP contribution in [0, 0.1) is 0 Å². The van der Waals surface area contributed by atoms with Crippen LogP contribution >= 0.6 is 11.3 Å². The van der Waals surface area contributed by atoms with Crippen LogP contribution in [0.2, 0.25) is 0 Å². The van der Waals surface area contributed by atoms with Crippen LogP contribution in [0.25, 0.3) is 11.4 Å². The molecule has 0 aromatic carbocycles. The molecule has 2 fully saturated rings. The Labute approximate surface area is 227 Å². The van der Waals surface area contributed by atoms with Crippen LogP contribution in [0.15, 0.2) is 11.6 Å². The normalized spacial score (nSPS) is 20.2. The summed E-state index contributed by atoms with van der Waals surface area (Å²) in [5.74, 6) is -0.0312. The van der Waals surface area contributed by atoms with E-state index in [0.29, 0.717) is 17.2 Å². The molecule has 3 aromatic rings. The summed E-state index contributed by atoms with van der Waals surface area (Å²) in [4.78, 5) is 32.1. The third-order valence-corrected chi connectivity index (χ3v) is 9.11. The van der Waals surface area contributed by atoms with Crippen molar-refractivity contribution in [1.29, 1.82) is 0 Å². The maximum Gasteiger partial charge on any atom is 0.278 e. The van der Waals surface area contributed by atoms with Gasteiger partial charge in [0.1, 0.15) is 0 Å². The molecule has 3 N–H and O–H groups in total. The number of piperidine rings is 2. The largest absolute Gasteiger partial charge is 0.368 e. The van der Waals surface area contributed by atoms with Crippen molar-refractivity contribution in [2.45, 2.75) is 70.4 Å². The summed E-state index contributed by atoms with van der Waals surface area (Å²) in [6, 6.07) is 0.736. The van der Waals surface area contributed by atoms with Gasteiger partial charge in [0.15, 0.2) is 10.8 Å². The van der Waals surface area contributed by atoms with Gasteiger partial charge in [-0.25, -0.2) is 15.0 Å². The Kier molecular flexibility index (Phi) is 6.69. The molecule has 2 aliphatic heterocycles. The summed E-state index contributed by atoms with van der Waals surface area (Å²) in [6.07, 6.45) is 9.03. The van der Waals surface area contributed by atoms with Crippen molar-refractivity contribution in [3.63, 3.8) is 0 Å². The molecule has 2 saturated heterocycles. The topological polar surface area (TPSA) is 118 Å². The molecule has 1 amide bonds. The van der Waals surface area contributed by atoms with Gasteiger partial charge in [0.2, 0.25) is 5.95 Å². The Bertz CT molecular complexity index is 1330. The van der Waals surface area contributed by atoms with Gasteiger partial charge in [0.25, 0.3) is 5.91 Å². The second-order valence-electron chi connectivity index (χ2n) is 11.6. The minimum absolute atomic E-state index is 0.215. The fourth-order valence-corrected chi connectivity index (χ4v) is 7.16. The molecular formula is C27H37N9OS. The van der Waals surface area contributed by atoms with Crippen molar-refractivity contribution in [2.75, 3.05) is 37.2 Å². The number of rotatable bonds is 5. The van der Waals surface area contributed by atoms with Gasteiger partial charge in [-0.05, 0) is 56.2 Å². The Morgan fingerprint density at radius 3 is 2.68 bits per heavy atom. The maximum atomic E-state index is 13.5. The summed E-state index contributed by atoms with van der Waals surface area (Å²) in [7, 11) is 1.84. The summed E-state index contributed by atoms with van der Waals surface area (Å²) in [6.45, 7) is 9.81. The number of hydrogen-bond donors (Lipinski definition) is 2. The van der Waals surface area contributed by atoms with E-state index in [1.54, 1.807) is 10.9 Å². The number of amides is 1. The van der Waals surface area contributed by atoms with Crippen molar-refractivity contribution in [3.05, 3.63) is 34.1 Å². The average molecular weight is 536 g/mol. The molecular weight excluding hydrogens is 498 g/mol. The van der Waals surface area contributed by atoms with Crippen LogP contribution in [0.3, 0.4) is 0 Å². The first-order chi connectivity index (χ1) is 18.3. The third-order valence-electron chi connectivity index (χ3n) is 8.30. The van der Waals surface area contributed by atoms with Crippen LogP contribution in [-0.2, 0) is 25.4 Å². The fraction of sp³-hybridized carbons (Fsp3) is 0.593. The molecule has 10 nitrogen and oxygen atoms in total. The van der Waals surface area contributed by atoms with Crippen LogP contribution in [0.4, 0.5) is 11.1 Å². The number of nitrogens with two attached hydrogens (primary N) is 1. The molecule has 38 heavy (non-hydrogen) atoms. The van der Waals surface area contributed by atoms with Crippen molar-refractivity contribution >= 4 is 28.3 Å². The minimum atomic E-state index is -0.308. The number of nitrogens with zero attached hydrogens (tertiary/aromatic N) is 7. The number of hydrogen-bond acceptors (Lipinski definition) is 9. The minimum Gasteiger partial charge on any atom is -0.368 e. The van der Waals surface area contributed by atoms with E-state index >= 15 is 0 Å². The number of aryl methyl sites for hydroxylation is 1. The number of nitrogens with one attached hydrogen (secondary N) is 1. The van der Waals surface area contributed by atoms with Gasteiger partial charge in [0.05, 0.1) is 17.1 Å².